The van der Waals surface area contributed by atoms with E-state index in [4.69, 9.17) is 21.1 Å². The zero-order valence-electron chi connectivity index (χ0n) is 7.87. The van der Waals surface area contributed by atoms with Gasteiger partial charge in [-0.05, 0) is 25.3 Å². The van der Waals surface area contributed by atoms with Gasteiger partial charge in [-0.15, -0.1) is 0 Å². The Labute approximate surface area is 88.0 Å². The highest BCUT2D eigenvalue weighted by atomic mass is 35.5. The third-order valence-electron chi connectivity index (χ3n) is 2.45. The van der Waals surface area contributed by atoms with Crippen LogP contribution in [0.25, 0.3) is 0 Å². The van der Waals surface area contributed by atoms with Gasteiger partial charge in [0, 0.05) is 13.0 Å². The minimum Gasteiger partial charge on any atom is -0.353 e. The van der Waals surface area contributed by atoms with E-state index in [2.05, 4.69) is 0 Å². The third-order valence-corrected chi connectivity index (χ3v) is 2.79. The Kier molecular flexibility index (Phi) is 3.21. The van der Waals surface area contributed by atoms with Crippen molar-refractivity contribution in [2.24, 2.45) is 0 Å². The van der Waals surface area contributed by atoms with E-state index in [9.17, 15) is 4.79 Å². The largest absolute Gasteiger partial charge is 0.353 e. The van der Waals surface area contributed by atoms with Crippen LogP contribution in [-0.2, 0) is 14.3 Å². The van der Waals surface area contributed by atoms with Gasteiger partial charge in [-0.3, -0.25) is 4.79 Å². The molecular weight excluding hydrogens is 204 g/mol. The summed E-state index contributed by atoms with van der Waals surface area (Å²) in [6.45, 7) is 0.753. The maximum Gasteiger partial charge on any atom is 0.176 e. The van der Waals surface area contributed by atoms with E-state index in [0.717, 1.165) is 25.9 Å². The number of allylic oxidation sites excluding steroid dienone is 1. The number of halogens is 1. The molecule has 0 aromatic rings. The lowest BCUT2D eigenvalue weighted by atomic mass is 10.2. The van der Waals surface area contributed by atoms with Crippen molar-refractivity contribution in [3.8, 4) is 0 Å². The summed E-state index contributed by atoms with van der Waals surface area (Å²) < 4.78 is 11.0. The van der Waals surface area contributed by atoms with Crippen LogP contribution in [0.2, 0.25) is 0 Å². The number of carbonyl (C=O) groups is 1. The molecule has 3 nitrogen and oxygen atoms in total. The summed E-state index contributed by atoms with van der Waals surface area (Å²) in [5.74, 6) is -0.0347. The summed E-state index contributed by atoms with van der Waals surface area (Å²) in [6.07, 6.45) is 4.83. The Balaban J connectivity index is 1.83. The monoisotopic (exact) mass is 216 g/mol. The van der Waals surface area contributed by atoms with E-state index >= 15 is 0 Å². The molecule has 4 heteroatoms. The predicted molar refractivity (Wildman–Crippen MR) is 52.0 cm³/mol. The van der Waals surface area contributed by atoms with Crippen LogP contribution in [0.15, 0.2) is 11.1 Å². The second-order valence-corrected chi connectivity index (χ2v) is 4.02. The standard InChI is InChI=1S/C10H13ClO3/c11-8-5-7(6-9(8)12)14-10-3-1-2-4-13-10/h5,7,10H,1-4,6H2. The zero-order valence-corrected chi connectivity index (χ0v) is 8.63. The lowest BCUT2D eigenvalue weighted by Crippen LogP contribution is -2.26. The van der Waals surface area contributed by atoms with Crippen molar-refractivity contribution in [3.63, 3.8) is 0 Å². The maximum atomic E-state index is 11.1. The topological polar surface area (TPSA) is 35.5 Å². The van der Waals surface area contributed by atoms with Gasteiger partial charge in [-0.2, -0.15) is 0 Å². The van der Waals surface area contributed by atoms with Gasteiger partial charge >= 0.3 is 0 Å². The molecule has 2 aliphatic rings. The fourth-order valence-electron chi connectivity index (χ4n) is 1.70. The first-order chi connectivity index (χ1) is 6.75. The van der Waals surface area contributed by atoms with Crippen molar-refractivity contribution in [1.29, 1.82) is 0 Å². The van der Waals surface area contributed by atoms with Gasteiger partial charge in [-0.25, -0.2) is 0 Å². The molecule has 1 aliphatic carbocycles. The molecule has 0 spiro atoms. The number of hydrogen-bond acceptors (Lipinski definition) is 3. The fourth-order valence-corrected chi connectivity index (χ4v) is 1.91. The molecular formula is C10H13ClO3. The normalized spacial score (nSPS) is 33.2. The van der Waals surface area contributed by atoms with Crippen LogP contribution in [0.1, 0.15) is 25.7 Å². The van der Waals surface area contributed by atoms with Gasteiger partial charge in [-0.1, -0.05) is 11.6 Å². The summed E-state index contributed by atoms with van der Waals surface area (Å²) in [6, 6.07) is 0. The van der Waals surface area contributed by atoms with Crippen LogP contribution in [0.5, 0.6) is 0 Å². The van der Waals surface area contributed by atoms with E-state index in [1.54, 1.807) is 6.08 Å². The molecule has 0 N–H and O–H groups in total. The van der Waals surface area contributed by atoms with E-state index in [0.29, 0.717) is 11.5 Å². The summed E-state index contributed by atoms with van der Waals surface area (Å²) in [5, 5.41) is 0.297. The van der Waals surface area contributed by atoms with E-state index in [1.807, 2.05) is 0 Å². The number of hydrogen-bond donors (Lipinski definition) is 0. The van der Waals surface area contributed by atoms with Crippen LogP contribution in [0, 0.1) is 0 Å². The maximum absolute atomic E-state index is 11.1. The Morgan fingerprint density at radius 1 is 1.50 bits per heavy atom. The zero-order chi connectivity index (χ0) is 9.97. The molecule has 0 aromatic heterocycles. The lowest BCUT2D eigenvalue weighted by Gasteiger charge is -2.24. The molecule has 2 rings (SSSR count). The van der Waals surface area contributed by atoms with E-state index in [1.165, 1.54) is 0 Å². The molecule has 0 saturated carbocycles. The molecule has 0 amide bonds. The molecule has 1 heterocycles. The van der Waals surface area contributed by atoms with Crippen LogP contribution in [0.4, 0.5) is 0 Å². The second-order valence-electron chi connectivity index (χ2n) is 3.61. The highest BCUT2D eigenvalue weighted by Crippen LogP contribution is 2.24. The van der Waals surface area contributed by atoms with Crippen molar-refractivity contribution in [3.05, 3.63) is 11.1 Å². The minimum absolute atomic E-state index is 0.0347. The van der Waals surface area contributed by atoms with Gasteiger partial charge in [0.05, 0.1) is 11.1 Å². The van der Waals surface area contributed by atoms with Crippen LogP contribution < -0.4 is 0 Å². The minimum atomic E-state index is -0.182. The number of rotatable bonds is 2. The second kappa shape index (κ2) is 4.43. The summed E-state index contributed by atoms with van der Waals surface area (Å²) >= 11 is 5.67. The number of ether oxygens (including phenoxy) is 2. The Morgan fingerprint density at radius 2 is 2.36 bits per heavy atom. The van der Waals surface area contributed by atoms with Crippen molar-refractivity contribution in [2.75, 3.05) is 6.61 Å². The van der Waals surface area contributed by atoms with Crippen molar-refractivity contribution >= 4 is 17.4 Å². The molecule has 0 bridgehead atoms. The Hall–Kier alpha value is -0.380. The Bertz CT molecular complexity index is 256. The predicted octanol–water partition coefficient (Wildman–Crippen LogP) is 1.99. The molecule has 0 aromatic carbocycles. The van der Waals surface area contributed by atoms with Crippen molar-refractivity contribution < 1.29 is 14.3 Å². The van der Waals surface area contributed by atoms with Crippen molar-refractivity contribution in [2.45, 2.75) is 38.1 Å². The molecule has 1 saturated heterocycles. The molecule has 14 heavy (non-hydrogen) atoms. The van der Waals surface area contributed by atoms with Gasteiger partial charge < -0.3 is 9.47 Å². The van der Waals surface area contributed by atoms with Crippen LogP contribution >= 0.6 is 11.6 Å². The molecule has 2 atom stereocenters. The van der Waals surface area contributed by atoms with Crippen LogP contribution in [-0.4, -0.2) is 24.8 Å². The highest BCUT2D eigenvalue weighted by molar-refractivity contribution is 6.43. The summed E-state index contributed by atoms with van der Waals surface area (Å²) in [7, 11) is 0. The average Bonchev–Trinajstić information content (AvgIpc) is 2.47. The quantitative estimate of drug-likeness (QED) is 0.708. The number of ketones is 1. The van der Waals surface area contributed by atoms with E-state index in [-0.39, 0.29) is 18.2 Å². The average molecular weight is 217 g/mol. The van der Waals surface area contributed by atoms with Crippen molar-refractivity contribution in [1.82, 2.24) is 0 Å². The summed E-state index contributed by atoms with van der Waals surface area (Å²) in [4.78, 5) is 11.1. The SMILES string of the molecule is O=C1CC(OC2CCCCO2)C=C1Cl. The van der Waals surface area contributed by atoms with Gasteiger partial charge in [0.25, 0.3) is 0 Å². The molecule has 2 unspecified atom stereocenters. The first kappa shape index (κ1) is 10.1. The summed E-state index contributed by atoms with van der Waals surface area (Å²) in [5.41, 5.74) is 0. The smallest absolute Gasteiger partial charge is 0.176 e. The molecule has 78 valence electrons. The Morgan fingerprint density at radius 3 is 2.93 bits per heavy atom. The first-order valence-corrected chi connectivity index (χ1v) is 5.31. The lowest BCUT2D eigenvalue weighted by molar-refractivity contribution is -0.178. The van der Waals surface area contributed by atoms with Crippen LogP contribution in [0.3, 0.4) is 0 Å². The van der Waals surface area contributed by atoms with Gasteiger partial charge in [0.1, 0.15) is 0 Å². The molecule has 0 radical (unpaired) electrons. The van der Waals surface area contributed by atoms with E-state index < -0.39 is 0 Å². The fraction of sp³-hybridized carbons (Fsp3) is 0.700. The third kappa shape index (κ3) is 2.35. The number of carbonyl (C=O) groups excluding carboxylic acids is 1. The molecule has 1 fully saturated rings. The highest BCUT2D eigenvalue weighted by Gasteiger charge is 2.26. The van der Waals surface area contributed by atoms with Gasteiger partial charge in [0.2, 0.25) is 0 Å². The molecule has 1 aliphatic heterocycles. The van der Waals surface area contributed by atoms with Gasteiger partial charge in [0.15, 0.2) is 12.1 Å². The first-order valence-electron chi connectivity index (χ1n) is 4.93. The number of Topliss-reactive ketones (excluding diaryl/α,β-unsaturated/α-hetero) is 1.